The second-order valence-electron chi connectivity index (χ2n) is 6.13. The Morgan fingerprint density at radius 3 is 2.59 bits per heavy atom. The molecule has 1 aliphatic heterocycles. The van der Waals surface area contributed by atoms with E-state index in [1.54, 1.807) is 31.2 Å². The number of nitrogens with zero attached hydrogens (tertiary/aromatic N) is 1. The third kappa shape index (κ3) is 3.77. The fraction of sp³-hybridized carbons (Fsp3) is 0.222. The van der Waals surface area contributed by atoms with Crippen molar-refractivity contribution in [2.75, 3.05) is 22.5 Å². The lowest BCUT2D eigenvalue weighted by Gasteiger charge is -2.16. The summed E-state index contributed by atoms with van der Waals surface area (Å²) in [5, 5.41) is 2.73. The van der Waals surface area contributed by atoms with Crippen molar-refractivity contribution in [3.05, 3.63) is 53.1 Å². The van der Waals surface area contributed by atoms with Crippen LogP contribution in [0.1, 0.15) is 17.3 Å². The summed E-state index contributed by atoms with van der Waals surface area (Å²) in [6, 6.07) is 10.9. The molecule has 27 heavy (non-hydrogen) atoms. The number of hydrogen-bond donors (Lipinski definition) is 1. The van der Waals surface area contributed by atoms with E-state index < -0.39 is 27.8 Å². The topological polar surface area (TPSA) is 92.8 Å². The Morgan fingerprint density at radius 2 is 2.00 bits per heavy atom. The summed E-state index contributed by atoms with van der Waals surface area (Å²) in [5.74, 6) is -1.27. The highest BCUT2D eigenvalue weighted by molar-refractivity contribution is 7.94. The predicted octanol–water partition coefficient (Wildman–Crippen LogP) is 2.91. The minimum atomic E-state index is -3.73. The van der Waals surface area contributed by atoms with Crippen LogP contribution in [0.5, 0.6) is 5.75 Å². The monoisotopic (exact) mass is 408 g/mol. The average Bonchev–Trinajstić information content (AvgIpc) is 2.81. The van der Waals surface area contributed by atoms with E-state index in [1.165, 1.54) is 25.3 Å². The second kappa shape index (κ2) is 7.21. The third-order valence-corrected chi connectivity index (χ3v) is 6.30. The van der Waals surface area contributed by atoms with E-state index >= 15 is 0 Å². The SMILES string of the molecule is COc1cccc(NC(=O)c2ccc(N3C(=O)C(C)CS3(=O)=O)cc2Cl)c1. The van der Waals surface area contributed by atoms with E-state index in [4.69, 9.17) is 16.3 Å². The molecular formula is C18H17ClN2O5S. The molecule has 1 heterocycles. The normalized spacial score (nSPS) is 18.4. The molecule has 9 heteroatoms. The number of carbonyl (C=O) groups excluding carboxylic acids is 2. The molecule has 0 aromatic heterocycles. The number of halogens is 1. The largest absolute Gasteiger partial charge is 0.497 e. The quantitative estimate of drug-likeness (QED) is 0.839. The lowest BCUT2D eigenvalue weighted by molar-refractivity contribution is -0.119. The van der Waals surface area contributed by atoms with E-state index in [0.717, 1.165) is 4.31 Å². The Kier molecular flexibility index (Phi) is 5.12. The highest BCUT2D eigenvalue weighted by Crippen LogP contribution is 2.31. The van der Waals surface area contributed by atoms with Gasteiger partial charge < -0.3 is 10.1 Å². The summed E-state index contributed by atoms with van der Waals surface area (Å²) >= 11 is 6.19. The van der Waals surface area contributed by atoms with Crippen molar-refractivity contribution < 1.29 is 22.7 Å². The van der Waals surface area contributed by atoms with E-state index in [0.29, 0.717) is 11.4 Å². The van der Waals surface area contributed by atoms with Gasteiger partial charge in [0.1, 0.15) is 5.75 Å². The molecule has 2 aromatic carbocycles. The van der Waals surface area contributed by atoms with Crippen LogP contribution in [0.25, 0.3) is 0 Å². The molecule has 0 bridgehead atoms. The first-order valence-electron chi connectivity index (χ1n) is 8.05. The zero-order valence-electron chi connectivity index (χ0n) is 14.6. The van der Waals surface area contributed by atoms with Gasteiger partial charge in [0.25, 0.3) is 5.91 Å². The molecule has 0 aliphatic carbocycles. The smallest absolute Gasteiger partial charge is 0.257 e. The van der Waals surface area contributed by atoms with Gasteiger partial charge in [0, 0.05) is 11.8 Å². The van der Waals surface area contributed by atoms with E-state index in [2.05, 4.69) is 5.32 Å². The molecule has 142 valence electrons. The minimum absolute atomic E-state index is 0.0375. The number of nitrogens with one attached hydrogen (secondary N) is 1. The molecule has 7 nitrogen and oxygen atoms in total. The molecule has 1 atom stereocenters. The molecule has 1 N–H and O–H groups in total. The summed E-state index contributed by atoms with van der Waals surface area (Å²) in [6.45, 7) is 1.55. The number of benzene rings is 2. The highest BCUT2D eigenvalue weighted by atomic mass is 35.5. The number of amides is 2. The van der Waals surface area contributed by atoms with Crippen LogP contribution in [0.4, 0.5) is 11.4 Å². The highest BCUT2D eigenvalue weighted by Gasteiger charge is 2.42. The van der Waals surface area contributed by atoms with Crippen LogP contribution < -0.4 is 14.4 Å². The van der Waals surface area contributed by atoms with Crippen LogP contribution in [-0.4, -0.2) is 33.1 Å². The Balaban J connectivity index is 1.86. The third-order valence-electron chi connectivity index (χ3n) is 4.12. The summed E-state index contributed by atoms with van der Waals surface area (Å²) in [6.07, 6.45) is 0. The number of methoxy groups -OCH3 is 1. The standard InChI is InChI=1S/C18H17ClN2O5S/c1-11-10-27(24,25)21(18(11)23)13-6-7-15(16(19)9-13)17(22)20-12-4-3-5-14(8-12)26-2/h3-9,11H,10H2,1-2H3,(H,20,22). The summed E-state index contributed by atoms with van der Waals surface area (Å²) in [7, 11) is -2.21. The Bertz CT molecular complexity index is 1020. The number of hydrogen-bond acceptors (Lipinski definition) is 5. The summed E-state index contributed by atoms with van der Waals surface area (Å²) in [4.78, 5) is 24.6. The molecule has 2 aromatic rings. The van der Waals surface area contributed by atoms with Gasteiger partial charge in [0.2, 0.25) is 15.9 Å². The first-order valence-corrected chi connectivity index (χ1v) is 10.0. The molecule has 0 spiro atoms. The maximum atomic E-state index is 12.5. The molecule has 0 saturated carbocycles. The molecule has 1 unspecified atom stereocenters. The summed E-state index contributed by atoms with van der Waals surface area (Å²) < 4.78 is 30.2. The van der Waals surface area contributed by atoms with Crippen molar-refractivity contribution in [1.29, 1.82) is 0 Å². The van der Waals surface area contributed by atoms with Crippen LogP contribution in [0.15, 0.2) is 42.5 Å². The van der Waals surface area contributed by atoms with Gasteiger partial charge >= 0.3 is 0 Å². The maximum Gasteiger partial charge on any atom is 0.257 e. The number of ether oxygens (including phenoxy) is 1. The first kappa shape index (κ1) is 19.2. The van der Waals surface area contributed by atoms with E-state index in [1.807, 2.05) is 0 Å². The van der Waals surface area contributed by atoms with Gasteiger partial charge in [-0.05, 0) is 30.3 Å². The van der Waals surface area contributed by atoms with Crippen LogP contribution in [-0.2, 0) is 14.8 Å². The van der Waals surface area contributed by atoms with Gasteiger partial charge in [-0.2, -0.15) is 0 Å². The fourth-order valence-corrected chi connectivity index (χ4v) is 4.87. The maximum absolute atomic E-state index is 12.5. The lowest BCUT2D eigenvalue weighted by atomic mass is 10.1. The van der Waals surface area contributed by atoms with Crippen LogP contribution in [0.3, 0.4) is 0 Å². The number of carbonyl (C=O) groups is 2. The van der Waals surface area contributed by atoms with Crippen LogP contribution >= 0.6 is 11.6 Å². The molecule has 1 saturated heterocycles. The number of anilines is 2. The van der Waals surface area contributed by atoms with Crippen LogP contribution in [0.2, 0.25) is 5.02 Å². The molecule has 3 rings (SSSR count). The van der Waals surface area contributed by atoms with Gasteiger partial charge in [0.15, 0.2) is 0 Å². The van der Waals surface area contributed by atoms with E-state index in [-0.39, 0.29) is 22.0 Å². The first-order chi connectivity index (χ1) is 12.7. The number of sulfonamides is 1. The van der Waals surface area contributed by atoms with Gasteiger partial charge in [-0.15, -0.1) is 0 Å². The van der Waals surface area contributed by atoms with Crippen molar-refractivity contribution in [2.45, 2.75) is 6.92 Å². The number of rotatable bonds is 4. The van der Waals surface area contributed by atoms with Crippen LogP contribution in [0, 0.1) is 5.92 Å². The van der Waals surface area contributed by atoms with Gasteiger partial charge in [-0.1, -0.05) is 24.6 Å². The zero-order chi connectivity index (χ0) is 19.8. The van der Waals surface area contributed by atoms with Crippen molar-refractivity contribution >= 4 is 44.8 Å². The molecule has 1 fully saturated rings. The van der Waals surface area contributed by atoms with Gasteiger partial charge in [0.05, 0.1) is 35.1 Å². The second-order valence-corrected chi connectivity index (χ2v) is 8.40. The fourth-order valence-electron chi connectivity index (χ4n) is 2.80. The summed E-state index contributed by atoms with van der Waals surface area (Å²) in [5.41, 5.74) is 0.790. The van der Waals surface area contributed by atoms with E-state index in [9.17, 15) is 18.0 Å². The molecule has 1 aliphatic rings. The van der Waals surface area contributed by atoms with Crippen molar-refractivity contribution in [2.24, 2.45) is 5.92 Å². The minimum Gasteiger partial charge on any atom is -0.497 e. The Labute approximate surface area is 161 Å². The van der Waals surface area contributed by atoms with Crippen molar-refractivity contribution in [3.8, 4) is 5.75 Å². The molecular weight excluding hydrogens is 392 g/mol. The van der Waals surface area contributed by atoms with Crippen molar-refractivity contribution in [3.63, 3.8) is 0 Å². The van der Waals surface area contributed by atoms with Gasteiger partial charge in [-0.3, -0.25) is 9.59 Å². The van der Waals surface area contributed by atoms with Gasteiger partial charge in [-0.25, -0.2) is 12.7 Å². The Morgan fingerprint density at radius 1 is 1.26 bits per heavy atom. The van der Waals surface area contributed by atoms with Crippen molar-refractivity contribution in [1.82, 2.24) is 0 Å². The molecule has 2 amide bonds. The zero-order valence-corrected chi connectivity index (χ0v) is 16.2. The molecule has 0 radical (unpaired) electrons. The predicted molar refractivity (Wildman–Crippen MR) is 103 cm³/mol. The lowest BCUT2D eigenvalue weighted by Crippen LogP contribution is -2.30. The average molecular weight is 409 g/mol. The Hall–Kier alpha value is -2.58.